The summed E-state index contributed by atoms with van der Waals surface area (Å²) in [4.78, 5) is 35.8. The Balaban J connectivity index is 1.27. The van der Waals surface area contributed by atoms with Crippen LogP contribution in [0.1, 0.15) is 19.5 Å². The van der Waals surface area contributed by atoms with Gasteiger partial charge in [0.2, 0.25) is 11.8 Å². The van der Waals surface area contributed by atoms with E-state index in [4.69, 9.17) is 14.5 Å². The van der Waals surface area contributed by atoms with Gasteiger partial charge < -0.3 is 25.4 Å². The SMILES string of the molecule is COCCNCc1cccc(-c2cc3nccc(Oc4ccc(NC(=O)C(C)(C)C(=O)Nc5ccc(F)cc5)cc4F)c3s2)n1. The van der Waals surface area contributed by atoms with Crippen LogP contribution in [0.15, 0.2) is 79.0 Å². The third-order valence-corrected chi connectivity index (χ3v) is 8.03. The number of pyridine rings is 2. The van der Waals surface area contributed by atoms with Gasteiger partial charge in [-0.05, 0) is 68.4 Å². The summed E-state index contributed by atoms with van der Waals surface area (Å²) >= 11 is 1.43. The molecule has 5 rings (SSSR count). The maximum absolute atomic E-state index is 15.2. The number of anilines is 2. The van der Waals surface area contributed by atoms with Crippen molar-refractivity contribution in [1.29, 1.82) is 0 Å². The number of thiophene rings is 1. The lowest BCUT2D eigenvalue weighted by Crippen LogP contribution is -2.41. The molecule has 0 radical (unpaired) electrons. The standard InChI is InChI=1S/C33H31F2N5O4S/c1-33(2,31(41)39-21-9-7-20(34)8-10-21)32(42)40-22-11-12-27(24(35)17-22)44-28-13-14-37-26-18-29(45-30(26)28)25-6-4-5-23(38-25)19-36-15-16-43-3/h4-14,17-18,36H,15-16,19H2,1-3H3,(H,39,41)(H,40,42). The molecule has 0 saturated carbocycles. The lowest BCUT2D eigenvalue weighted by molar-refractivity contribution is -0.135. The van der Waals surface area contributed by atoms with Crippen molar-refractivity contribution in [3.05, 3.63) is 96.3 Å². The Bertz CT molecular complexity index is 1830. The molecule has 3 heterocycles. The van der Waals surface area contributed by atoms with Crippen molar-refractivity contribution in [2.24, 2.45) is 5.41 Å². The molecule has 0 unspecified atom stereocenters. The normalized spacial score (nSPS) is 11.4. The highest BCUT2D eigenvalue weighted by atomic mass is 32.1. The predicted octanol–water partition coefficient (Wildman–Crippen LogP) is 6.77. The molecule has 0 aliphatic rings. The molecule has 2 amide bonds. The topological polar surface area (TPSA) is 114 Å². The lowest BCUT2D eigenvalue weighted by atomic mass is 9.90. The van der Waals surface area contributed by atoms with E-state index in [-0.39, 0.29) is 11.4 Å². The monoisotopic (exact) mass is 631 g/mol. The average Bonchev–Trinajstić information content (AvgIpc) is 3.47. The number of fused-ring (bicyclic) bond motifs is 1. The number of nitrogens with zero attached hydrogens (tertiary/aromatic N) is 2. The van der Waals surface area contributed by atoms with Crippen molar-refractivity contribution in [3.8, 4) is 22.1 Å². The van der Waals surface area contributed by atoms with Crippen LogP contribution in [0.2, 0.25) is 0 Å². The highest BCUT2D eigenvalue weighted by Gasteiger charge is 2.36. The lowest BCUT2D eigenvalue weighted by Gasteiger charge is -2.23. The summed E-state index contributed by atoms with van der Waals surface area (Å²) in [5, 5.41) is 8.46. The number of amides is 2. The van der Waals surface area contributed by atoms with Crippen LogP contribution in [0.5, 0.6) is 11.5 Å². The van der Waals surface area contributed by atoms with Gasteiger partial charge >= 0.3 is 0 Å². The number of ether oxygens (including phenoxy) is 2. The van der Waals surface area contributed by atoms with Gasteiger partial charge in [0.15, 0.2) is 11.6 Å². The molecule has 0 saturated heterocycles. The van der Waals surface area contributed by atoms with Gasteiger partial charge in [-0.25, -0.2) is 8.78 Å². The van der Waals surface area contributed by atoms with Gasteiger partial charge in [0.1, 0.15) is 17.0 Å². The number of methoxy groups -OCH3 is 1. The first-order valence-electron chi connectivity index (χ1n) is 14.0. The summed E-state index contributed by atoms with van der Waals surface area (Å²) in [6, 6.07) is 18.6. The van der Waals surface area contributed by atoms with E-state index >= 15 is 4.39 Å². The second kappa shape index (κ2) is 13.9. The van der Waals surface area contributed by atoms with Gasteiger partial charge in [-0.2, -0.15) is 0 Å². The fourth-order valence-electron chi connectivity index (χ4n) is 4.22. The second-order valence-corrected chi connectivity index (χ2v) is 11.7. The molecular weight excluding hydrogens is 600 g/mol. The van der Waals surface area contributed by atoms with Crippen molar-refractivity contribution in [3.63, 3.8) is 0 Å². The van der Waals surface area contributed by atoms with E-state index < -0.39 is 28.9 Å². The Hall–Kier alpha value is -4.78. The quantitative estimate of drug-likeness (QED) is 0.103. The molecule has 0 aliphatic carbocycles. The molecule has 232 valence electrons. The number of aromatic nitrogens is 2. The zero-order valence-corrected chi connectivity index (χ0v) is 25.6. The van der Waals surface area contributed by atoms with E-state index in [0.717, 1.165) is 27.0 Å². The van der Waals surface area contributed by atoms with Gasteiger partial charge in [-0.3, -0.25) is 19.6 Å². The summed E-state index contributed by atoms with van der Waals surface area (Å²) in [5.41, 5.74) is 1.33. The van der Waals surface area contributed by atoms with Crippen LogP contribution in [-0.2, 0) is 20.9 Å². The van der Waals surface area contributed by atoms with Gasteiger partial charge in [-0.1, -0.05) is 6.07 Å². The molecule has 3 aromatic heterocycles. The predicted molar refractivity (Wildman–Crippen MR) is 170 cm³/mol. The van der Waals surface area contributed by atoms with Crippen molar-refractivity contribution >= 4 is 44.7 Å². The number of nitrogens with one attached hydrogen (secondary N) is 3. The third kappa shape index (κ3) is 7.66. The minimum atomic E-state index is -1.52. The first-order valence-corrected chi connectivity index (χ1v) is 14.9. The Kier molecular flexibility index (Phi) is 9.77. The number of hydrogen-bond donors (Lipinski definition) is 3. The average molecular weight is 632 g/mol. The summed E-state index contributed by atoms with van der Waals surface area (Å²) < 4.78 is 40.1. The molecule has 5 aromatic rings. The maximum Gasteiger partial charge on any atom is 0.239 e. The molecule has 0 fully saturated rings. The fourth-order valence-corrected chi connectivity index (χ4v) is 5.25. The molecule has 2 aromatic carbocycles. The van der Waals surface area contributed by atoms with Gasteiger partial charge in [0.25, 0.3) is 0 Å². The first kappa shape index (κ1) is 31.6. The minimum Gasteiger partial charge on any atom is -0.453 e. The van der Waals surface area contributed by atoms with Crippen LogP contribution in [0.3, 0.4) is 0 Å². The van der Waals surface area contributed by atoms with E-state index in [1.807, 2.05) is 24.3 Å². The van der Waals surface area contributed by atoms with Crippen molar-refractivity contribution in [1.82, 2.24) is 15.3 Å². The van der Waals surface area contributed by atoms with E-state index in [1.54, 1.807) is 19.4 Å². The van der Waals surface area contributed by atoms with Crippen LogP contribution in [0.4, 0.5) is 20.2 Å². The Morgan fingerprint density at radius 3 is 2.38 bits per heavy atom. The molecule has 0 spiro atoms. The summed E-state index contributed by atoms with van der Waals surface area (Å²) in [5.74, 6) is -2.05. The third-order valence-electron chi connectivity index (χ3n) is 6.87. The molecule has 0 aliphatic heterocycles. The number of carbonyl (C=O) groups is 2. The minimum absolute atomic E-state index is 0.0500. The molecule has 3 N–H and O–H groups in total. The summed E-state index contributed by atoms with van der Waals surface area (Å²) in [7, 11) is 1.66. The molecule has 0 atom stereocenters. The maximum atomic E-state index is 15.2. The zero-order valence-electron chi connectivity index (χ0n) is 24.8. The van der Waals surface area contributed by atoms with Crippen LogP contribution in [0.25, 0.3) is 20.8 Å². The molecule has 0 bridgehead atoms. The van der Waals surface area contributed by atoms with Gasteiger partial charge in [0, 0.05) is 49.9 Å². The Labute approximate surface area is 262 Å². The smallest absolute Gasteiger partial charge is 0.239 e. The van der Waals surface area contributed by atoms with E-state index in [0.29, 0.717) is 36.6 Å². The number of halogens is 2. The highest BCUT2D eigenvalue weighted by Crippen LogP contribution is 2.39. The van der Waals surface area contributed by atoms with Crippen molar-refractivity contribution in [2.75, 3.05) is 30.9 Å². The van der Waals surface area contributed by atoms with Crippen molar-refractivity contribution < 1.29 is 27.8 Å². The second-order valence-electron chi connectivity index (χ2n) is 10.6. The molecule has 12 heteroatoms. The van der Waals surface area contributed by atoms with E-state index in [2.05, 4.69) is 20.9 Å². The van der Waals surface area contributed by atoms with E-state index in [1.165, 1.54) is 61.6 Å². The molecular formula is C33H31F2N5O4S. The molecule has 45 heavy (non-hydrogen) atoms. The Morgan fingerprint density at radius 2 is 1.64 bits per heavy atom. The number of hydrogen-bond acceptors (Lipinski definition) is 8. The van der Waals surface area contributed by atoms with Crippen molar-refractivity contribution in [2.45, 2.75) is 20.4 Å². The largest absolute Gasteiger partial charge is 0.453 e. The Morgan fingerprint density at radius 1 is 0.911 bits per heavy atom. The van der Waals surface area contributed by atoms with Crippen LogP contribution in [-0.4, -0.2) is 42.0 Å². The summed E-state index contributed by atoms with van der Waals surface area (Å²) in [6.45, 7) is 4.80. The first-order chi connectivity index (χ1) is 21.6. The number of carbonyl (C=O) groups excluding carboxylic acids is 2. The van der Waals surface area contributed by atoms with Crippen LogP contribution >= 0.6 is 11.3 Å². The zero-order chi connectivity index (χ0) is 32.0. The van der Waals surface area contributed by atoms with Crippen LogP contribution < -0.4 is 20.7 Å². The van der Waals surface area contributed by atoms with Gasteiger partial charge in [-0.15, -0.1) is 11.3 Å². The van der Waals surface area contributed by atoms with E-state index in [9.17, 15) is 14.0 Å². The molecule has 9 nitrogen and oxygen atoms in total. The highest BCUT2D eigenvalue weighted by molar-refractivity contribution is 7.22. The number of rotatable bonds is 12. The van der Waals surface area contributed by atoms with Crippen LogP contribution in [0, 0.1) is 17.0 Å². The van der Waals surface area contributed by atoms with Gasteiger partial charge in [0.05, 0.1) is 33.1 Å². The summed E-state index contributed by atoms with van der Waals surface area (Å²) in [6.07, 6.45) is 1.59. The fraction of sp³-hybridized carbons (Fsp3) is 0.212. The number of benzene rings is 2.